The summed E-state index contributed by atoms with van der Waals surface area (Å²) < 4.78 is 19.0. The van der Waals surface area contributed by atoms with Crippen LogP contribution < -0.4 is 10.1 Å². The molecule has 0 amide bonds. The summed E-state index contributed by atoms with van der Waals surface area (Å²) in [5, 5.41) is 3.25. The number of fused-ring (bicyclic) bond motifs is 1. The average molecular weight is 265 g/mol. The zero-order valence-electron chi connectivity index (χ0n) is 11.5. The minimum Gasteiger partial charge on any atom is -0.486 e. The molecule has 0 unspecified atom stereocenters. The molecule has 1 spiro atoms. The number of hydrogen-bond acceptors (Lipinski definition) is 3. The normalized spacial score (nSPS) is 20.1. The largest absolute Gasteiger partial charge is 0.486 e. The predicted molar refractivity (Wildman–Crippen MR) is 72.2 cm³/mol. The molecule has 3 rings (SSSR count). The van der Waals surface area contributed by atoms with Crippen molar-refractivity contribution in [1.82, 2.24) is 5.32 Å². The van der Waals surface area contributed by atoms with Gasteiger partial charge in [-0.05, 0) is 31.3 Å². The Morgan fingerprint density at radius 3 is 2.63 bits per heavy atom. The second-order valence-corrected chi connectivity index (χ2v) is 4.78. The molecule has 0 saturated carbocycles. The van der Waals surface area contributed by atoms with Crippen LogP contribution in [0.4, 0.5) is 4.39 Å². The highest BCUT2D eigenvalue weighted by Crippen LogP contribution is 2.38. The Kier molecular flexibility index (Phi) is 4.20. The highest BCUT2D eigenvalue weighted by atomic mass is 19.1. The maximum absolute atomic E-state index is 13.1. The van der Waals surface area contributed by atoms with E-state index in [9.17, 15) is 9.18 Å². The quantitative estimate of drug-likeness (QED) is 0.783. The molecule has 19 heavy (non-hydrogen) atoms. The van der Waals surface area contributed by atoms with E-state index in [4.69, 9.17) is 4.74 Å². The van der Waals surface area contributed by atoms with Gasteiger partial charge in [0.2, 0.25) is 0 Å². The zero-order chi connectivity index (χ0) is 13.9. The van der Waals surface area contributed by atoms with Gasteiger partial charge in [0.15, 0.2) is 5.78 Å². The maximum atomic E-state index is 13.1. The number of hydrogen-bond donors (Lipinski definition) is 1. The van der Waals surface area contributed by atoms with Crippen LogP contribution >= 0.6 is 0 Å². The first kappa shape index (κ1) is 14.0. The lowest BCUT2D eigenvalue weighted by Gasteiger charge is -2.40. The van der Waals surface area contributed by atoms with E-state index >= 15 is 0 Å². The number of Topliss-reactive ketones (excluding diaryl/α,β-unsaturated/α-hetero) is 1. The SMILES string of the molecule is CC.O=C1CC2(CCNCC2)Oc2ccc(F)cc21. The fraction of sp³-hybridized carbons (Fsp3) is 0.533. The van der Waals surface area contributed by atoms with Crippen molar-refractivity contribution in [3.63, 3.8) is 0 Å². The Morgan fingerprint density at radius 1 is 1.26 bits per heavy atom. The van der Waals surface area contributed by atoms with Gasteiger partial charge in [-0.1, -0.05) is 13.8 Å². The molecule has 0 aliphatic carbocycles. The first-order chi connectivity index (χ1) is 9.19. The van der Waals surface area contributed by atoms with Crippen molar-refractivity contribution in [3.8, 4) is 5.75 Å². The molecule has 2 aliphatic heterocycles. The van der Waals surface area contributed by atoms with Crippen molar-refractivity contribution in [3.05, 3.63) is 29.6 Å². The predicted octanol–water partition coefficient (Wildman–Crippen LogP) is 2.94. The molecule has 104 valence electrons. The van der Waals surface area contributed by atoms with E-state index < -0.39 is 0 Å². The summed E-state index contributed by atoms with van der Waals surface area (Å²) >= 11 is 0. The van der Waals surface area contributed by atoms with Crippen molar-refractivity contribution in [2.24, 2.45) is 0 Å². The third kappa shape index (κ3) is 2.78. The standard InChI is InChI=1S/C13H14FNO2.C2H6/c14-9-1-2-12-10(7-9)11(16)8-13(17-12)3-5-15-6-4-13;1-2/h1-2,7,15H,3-6,8H2;1-2H3. The smallest absolute Gasteiger partial charge is 0.170 e. The lowest BCUT2D eigenvalue weighted by molar-refractivity contribution is 0.0186. The fourth-order valence-corrected chi connectivity index (χ4v) is 2.63. The van der Waals surface area contributed by atoms with Gasteiger partial charge in [-0.3, -0.25) is 4.79 Å². The zero-order valence-corrected chi connectivity index (χ0v) is 11.5. The summed E-state index contributed by atoms with van der Waals surface area (Å²) in [6.07, 6.45) is 2.02. The number of carbonyl (C=O) groups excluding carboxylic acids is 1. The van der Waals surface area contributed by atoms with Gasteiger partial charge in [-0.15, -0.1) is 0 Å². The van der Waals surface area contributed by atoms with Crippen LogP contribution in [0.1, 0.15) is 43.5 Å². The molecule has 2 aliphatic rings. The Morgan fingerprint density at radius 2 is 1.95 bits per heavy atom. The minimum atomic E-state index is -0.387. The summed E-state index contributed by atoms with van der Waals surface area (Å²) in [6.45, 7) is 5.73. The lowest BCUT2D eigenvalue weighted by Crippen LogP contribution is -2.49. The number of benzene rings is 1. The third-order valence-electron chi connectivity index (χ3n) is 3.57. The highest BCUT2D eigenvalue weighted by Gasteiger charge is 2.41. The van der Waals surface area contributed by atoms with Gasteiger partial charge < -0.3 is 10.1 Å². The summed E-state index contributed by atoms with van der Waals surface area (Å²) in [5.74, 6) is 0.138. The van der Waals surface area contributed by atoms with Gasteiger partial charge in [0.25, 0.3) is 0 Å². The Bertz CT molecular complexity index is 467. The molecule has 2 heterocycles. The molecular formula is C15H20FNO2. The molecule has 3 nitrogen and oxygen atoms in total. The van der Waals surface area contributed by atoms with E-state index in [1.807, 2.05) is 13.8 Å². The molecule has 0 bridgehead atoms. The Hall–Kier alpha value is -1.42. The molecule has 0 atom stereocenters. The van der Waals surface area contributed by atoms with E-state index in [0.29, 0.717) is 17.7 Å². The van der Waals surface area contributed by atoms with E-state index in [1.165, 1.54) is 12.1 Å². The summed E-state index contributed by atoms with van der Waals surface area (Å²) in [5.41, 5.74) is 0.0156. The molecule has 4 heteroatoms. The van der Waals surface area contributed by atoms with Crippen LogP contribution in [-0.4, -0.2) is 24.5 Å². The van der Waals surface area contributed by atoms with Gasteiger partial charge in [-0.25, -0.2) is 4.39 Å². The van der Waals surface area contributed by atoms with Crippen LogP contribution in [0.3, 0.4) is 0 Å². The summed E-state index contributed by atoms with van der Waals surface area (Å²) in [7, 11) is 0. The number of ketones is 1. The van der Waals surface area contributed by atoms with Crippen LogP contribution in [0.2, 0.25) is 0 Å². The maximum Gasteiger partial charge on any atom is 0.170 e. The fourth-order valence-electron chi connectivity index (χ4n) is 2.63. The molecule has 1 fully saturated rings. The number of piperidine rings is 1. The number of halogens is 1. The van der Waals surface area contributed by atoms with Gasteiger partial charge in [0.1, 0.15) is 17.2 Å². The first-order valence-corrected chi connectivity index (χ1v) is 6.91. The molecule has 0 radical (unpaired) electrons. The van der Waals surface area contributed by atoms with Gasteiger partial charge >= 0.3 is 0 Å². The molecule has 0 aromatic heterocycles. The topological polar surface area (TPSA) is 38.3 Å². The number of carbonyl (C=O) groups is 1. The number of nitrogens with one attached hydrogen (secondary N) is 1. The Labute approximate surface area is 113 Å². The number of ether oxygens (including phenoxy) is 1. The van der Waals surface area contributed by atoms with Crippen molar-refractivity contribution in [1.29, 1.82) is 0 Å². The van der Waals surface area contributed by atoms with Crippen molar-refractivity contribution in [2.75, 3.05) is 13.1 Å². The van der Waals surface area contributed by atoms with E-state index in [2.05, 4.69) is 5.32 Å². The molecule has 1 N–H and O–H groups in total. The average Bonchev–Trinajstić information content (AvgIpc) is 2.43. The van der Waals surface area contributed by atoms with Crippen molar-refractivity contribution >= 4 is 5.78 Å². The van der Waals surface area contributed by atoms with Crippen molar-refractivity contribution < 1.29 is 13.9 Å². The van der Waals surface area contributed by atoms with Crippen molar-refractivity contribution in [2.45, 2.75) is 38.7 Å². The first-order valence-electron chi connectivity index (χ1n) is 6.91. The van der Waals surface area contributed by atoms with Crippen LogP contribution in [0.5, 0.6) is 5.75 Å². The molecule has 1 aromatic carbocycles. The van der Waals surface area contributed by atoms with E-state index in [-0.39, 0.29) is 17.2 Å². The molecular weight excluding hydrogens is 245 g/mol. The monoisotopic (exact) mass is 265 g/mol. The van der Waals surface area contributed by atoms with Crippen LogP contribution in [0, 0.1) is 5.82 Å². The lowest BCUT2D eigenvalue weighted by atomic mass is 9.83. The molecule has 1 saturated heterocycles. The van der Waals surface area contributed by atoms with Gasteiger partial charge in [0.05, 0.1) is 12.0 Å². The van der Waals surface area contributed by atoms with Crippen LogP contribution in [-0.2, 0) is 0 Å². The van der Waals surface area contributed by atoms with Crippen LogP contribution in [0.25, 0.3) is 0 Å². The summed E-state index contributed by atoms with van der Waals surface area (Å²) in [6, 6.07) is 4.17. The van der Waals surface area contributed by atoms with Gasteiger partial charge in [-0.2, -0.15) is 0 Å². The van der Waals surface area contributed by atoms with E-state index in [0.717, 1.165) is 25.9 Å². The van der Waals surface area contributed by atoms with Crippen LogP contribution in [0.15, 0.2) is 18.2 Å². The number of rotatable bonds is 0. The third-order valence-corrected chi connectivity index (χ3v) is 3.57. The van der Waals surface area contributed by atoms with Gasteiger partial charge in [0, 0.05) is 12.8 Å². The second-order valence-electron chi connectivity index (χ2n) is 4.78. The minimum absolute atomic E-state index is 0.00681. The summed E-state index contributed by atoms with van der Waals surface area (Å²) in [4.78, 5) is 12.0. The Balaban J connectivity index is 0.000000637. The second kappa shape index (κ2) is 5.70. The van der Waals surface area contributed by atoms with E-state index in [1.54, 1.807) is 6.07 Å². The highest BCUT2D eigenvalue weighted by molar-refractivity contribution is 6.00. The molecule has 1 aromatic rings.